The molecule has 2 aromatic carbocycles. The van der Waals surface area contributed by atoms with Gasteiger partial charge in [-0.2, -0.15) is 0 Å². The number of carbonyl (C=O) groups is 1. The van der Waals surface area contributed by atoms with Crippen LogP contribution in [0.1, 0.15) is 47.8 Å². The van der Waals surface area contributed by atoms with E-state index in [9.17, 15) is 24.9 Å². The molecule has 0 bridgehead atoms. The van der Waals surface area contributed by atoms with Crippen molar-refractivity contribution in [3.05, 3.63) is 68.2 Å². The number of aromatic nitrogens is 1. The predicted octanol–water partition coefficient (Wildman–Crippen LogP) is 3.85. The molecule has 4 rings (SSSR count). The van der Waals surface area contributed by atoms with Crippen LogP contribution in [0.5, 0.6) is 5.75 Å². The van der Waals surface area contributed by atoms with Crippen LogP contribution in [0.4, 0.5) is 10.1 Å². The number of pyridine rings is 1. The number of aliphatic hydroxyl groups is 2. The van der Waals surface area contributed by atoms with Gasteiger partial charge in [0.25, 0.3) is 0 Å². The lowest BCUT2D eigenvalue weighted by molar-refractivity contribution is 0.0694. The molecule has 37 heavy (non-hydrogen) atoms. The standard InChI is InChI=1S/C27H30ClFN2O6/c1-14(2)23(13-32)31-12-20(27(35)36)26(34)19-8-15(24(37-3)10-22(19)31)6-16-7-17(9-21(28)25(16)29)30-5-4-18(33)11-30/h7-10,12,14,18,23,32-33H,4-6,11,13H2,1-3H3,(H,35,36)/t18?,23-/m1/s1. The summed E-state index contributed by atoms with van der Waals surface area (Å²) in [5, 5.41) is 29.7. The lowest BCUT2D eigenvalue weighted by Gasteiger charge is -2.25. The number of ether oxygens (including phenoxy) is 1. The number of β-amino-alcohol motifs (C(OH)–C–C–N with tert-alkyl or cyclic N) is 1. The first-order valence-corrected chi connectivity index (χ1v) is 12.4. The van der Waals surface area contributed by atoms with Crippen LogP contribution in [-0.4, -0.2) is 58.8 Å². The van der Waals surface area contributed by atoms with Crippen molar-refractivity contribution in [1.82, 2.24) is 4.57 Å². The second-order valence-corrected chi connectivity index (χ2v) is 10.1. The van der Waals surface area contributed by atoms with E-state index in [-0.39, 0.29) is 34.9 Å². The molecule has 8 nitrogen and oxygen atoms in total. The number of fused-ring (bicyclic) bond motifs is 1. The Labute approximate surface area is 218 Å². The normalized spacial score (nSPS) is 16.5. The number of nitrogens with zero attached hydrogens (tertiary/aromatic N) is 2. The number of hydrogen-bond donors (Lipinski definition) is 3. The maximum atomic E-state index is 15.1. The van der Waals surface area contributed by atoms with Gasteiger partial charge in [-0.25, -0.2) is 9.18 Å². The van der Waals surface area contributed by atoms with E-state index < -0.39 is 34.9 Å². The second kappa shape index (κ2) is 10.7. The number of rotatable bonds is 8. The fourth-order valence-electron chi connectivity index (χ4n) is 4.92. The van der Waals surface area contributed by atoms with Crippen molar-refractivity contribution in [2.75, 3.05) is 31.7 Å². The summed E-state index contributed by atoms with van der Waals surface area (Å²) < 4.78 is 22.3. The highest BCUT2D eigenvalue weighted by Crippen LogP contribution is 2.34. The average molecular weight is 533 g/mol. The van der Waals surface area contributed by atoms with Crippen LogP contribution in [-0.2, 0) is 6.42 Å². The fourth-order valence-corrected chi connectivity index (χ4v) is 5.15. The number of hydrogen-bond acceptors (Lipinski definition) is 6. The molecule has 10 heteroatoms. The zero-order chi connectivity index (χ0) is 27.0. The number of benzene rings is 2. The lowest BCUT2D eigenvalue weighted by Crippen LogP contribution is -2.25. The minimum Gasteiger partial charge on any atom is -0.496 e. The molecule has 2 heterocycles. The van der Waals surface area contributed by atoms with Crippen LogP contribution in [0, 0.1) is 11.7 Å². The molecule has 1 aromatic heterocycles. The van der Waals surface area contributed by atoms with Crippen LogP contribution >= 0.6 is 11.6 Å². The van der Waals surface area contributed by atoms with Gasteiger partial charge in [0.05, 0.1) is 36.4 Å². The molecule has 2 atom stereocenters. The highest BCUT2D eigenvalue weighted by atomic mass is 35.5. The summed E-state index contributed by atoms with van der Waals surface area (Å²) in [6.07, 6.45) is 1.42. The molecule has 3 aromatic rings. The molecule has 0 amide bonds. The van der Waals surface area contributed by atoms with Gasteiger partial charge in [0, 0.05) is 42.8 Å². The van der Waals surface area contributed by atoms with Crippen LogP contribution in [0.25, 0.3) is 10.9 Å². The summed E-state index contributed by atoms with van der Waals surface area (Å²) in [7, 11) is 1.45. The minimum absolute atomic E-state index is 0.0270. The average Bonchev–Trinajstić information content (AvgIpc) is 3.29. The maximum Gasteiger partial charge on any atom is 0.341 e. The van der Waals surface area contributed by atoms with Gasteiger partial charge in [-0.3, -0.25) is 4.79 Å². The number of carboxylic acids is 1. The Morgan fingerprint density at radius 1 is 1.24 bits per heavy atom. The topological polar surface area (TPSA) is 112 Å². The van der Waals surface area contributed by atoms with E-state index in [4.69, 9.17) is 16.3 Å². The second-order valence-electron chi connectivity index (χ2n) is 9.73. The third-order valence-electron chi connectivity index (χ3n) is 6.98. The van der Waals surface area contributed by atoms with Crippen molar-refractivity contribution in [3.63, 3.8) is 0 Å². The van der Waals surface area contributed by atoms with Gasteiger partial charge in [-0.15, -0.1) is 0 Å². The molecule has 0 saturated carbocycles. The SMILES string of the molecule is COc1cc2c(cc1Cc1cc(N3CCC(O)C3)cc(Cl)c1F)c(=O)c(C(=O)O)cn2[C@H](CO)C(C)C. The molecule has 1 aliphatic heterocycles. The number of aliphatic hydroxyl groups excluding tert-OH is 2. The van der Waals surface area contributed by atoms with Crippen LogP contribution in [0.2, 0.25) is 5.02 Å². The predicted molar refractivity (Wildman–Crippen MR) is 140 cm³/mol. The molecule has 0 aliphatic carbocycles. The Balaban J connectivity index is 1.89. The van der Waals surface area contributed by atoms with E-state index in [1.165, 1.54) is 25.4 Å². The van der Waals surface area contributed by atoms with Gasteiger partial charge in [-0.05, 0) is 41.7 Å². The smallest absolute Gasteiger partial charge is 0.341 e. The quantitative estimate of drug-likeness (QED) is 0.404. The first kappa shape index (κ1) is 26.9. The van der Waals surface area contributed by atoms with Gasteiger partial charge < -0.3 is 29.5 Å². The molecule has 1 unspecified atom stereocenters. The van der Waals surface area contributed by atoms with E-state index >= 15 is 4.39 Å². The summed E-state index contributed by atoms with van der Waals surface area (Å²) in [5.41, 5.74) is 0.720. The maximum absolute atomic E-state index is 15.1. The zero-order valence-electron chi connectivity index (χ0n) is 20.9. The van der Waals surface area contributed by atoms with E-state index in [1.807, 2.05) is 18.7 Å². The Morgan fingerprint density at radius 2 is 1.97 bits per heavy atom. The van der Waals surface area contributed by atoms with E-state index in [0.29, 0.717) is 42.0 Å². The van der Waals surface area contributed by atoms with Crippen LogP contribution in [0.3, 0.4) is 0 Å². The summed E-state index contributed by atoms with van der Waals surface area (Å²) in [6, 6.07) is 5.83. The Morgan fingerprint density at radius 3 is 2.54 bits per heavy atom. The van der Waals surface area contributed by atoms with Crippen LogP contribution < -0.4 is 15.1 Å². The molecule has 1 saturated heterocycles. The molecular formula is C27H30ClFN2O6. The van der Waals surface area contributed by atoms with Gasteiger partial charge in [0.1, 0.15) is 17.1 Å². The molecule has 198 valence electrons. The van der Waals surface area contributed by atoms with Gasteiger partial charge in [0.15, 0.2) is 0 Å². The molecular weight excluding hydrogens is 503 g/mol. The molecule has 0 radical (unpaired) electrons. The van der Waals surface area contributed by atoms with Crippen LogP contribution in [0.15, 0.2) is 35.3 Å². The van der Waals surface area contributed by atoms with E-state index in [1.54, 1.807) is 16.7 Å². The van der Waals surface area contributed by atoms with Crippen molar-refractivity contribution < 1.29 is 29.2 Å². The lowest BCUT2D eigenvalue weighted by atomic mass is 9.98. The van der Waals surface area contributed by atoms with Gasteiger partial charge in [0.2, 0.25) is 5.43 Å². The number of carboxylic acid groups (broad SMARTS) is 1. The summed E-state index contributed by atoms with van der Waals surface area (Å²) in [5.74, 6) is -1.67. The Kier molecular flexibility index (Phi) is 7.77. The number of aromatic carboxylic acids is 1. The monoisotopic (exact) mass is 532 g/mol. The molecule has 3 N–H and O–H groups in total. The summed E-state index contributed by atoms with van der Waals surface area (Å²) in [4.78, 5) is 27.0. The zero-order valence-corrected chi connectivity index (χ0v) is 21.6. The number of halogens is 2. The fraction of sp³-hybridized carbons (Fsp3) is 0.407. The summed E-state index contributed by atoms with van der Waals surface area (Å²) in [6.45, 7) is 4.53. The van der Waals surface area contributed by atoms with Crippen molar-refractivity contribution >= 4 is 34.2 Å². The molecule has 1 aliphatic rings. The third-order valence-corrected chi connectivity index (χ3v) is 7.25. The number of methoxy groups -OCH3 is 1. The molecule has 0 spiro atoms. The summed E-state index contributed by atoms with van der Waals surface area (Å²) >= 11 is 6.21. The highest BCUT2D eigenvalue weighted by Gasteiger charge is 2.25. The highest BCUT2D eigenvalue weighted by molar-refractivity contribution is 6.31. The van der Waals surface area contributed by atoms with Crippen molar-refractivity contribution in [2.45, 2.75) is 38.8 Å². The van der Waals surface area contributed by atoms with Crippen molar-refractivity contribution in [1.29, 1.82) is 0 Å². The first-order valence-electron chi connectivity index (χ1n) is 12.1. The van der Waals surface area contributed by atoms with E-state index in [0.717, 1.165) is 0 Å². The first-order chi connectivity index (χ1) is 17.5. The van der Waals surface area contributed by atoms with Gasteiger partial charge in [-0.1, -0.05) is 25.4 Å². The van der Waals surface area contributed by atoms with Crippen molar-refractivity contribution in [3.8, 4) is 5.75 Å². The largest absolute Gasteiger partial charge is 0.496 e. The minimum atomic E-state index is -1.38. The van der Waals surface area contributed by atoms with Gasteiger partial charge >= 0.3 is 5.97 Å². The van der Waals surface area contributed by atoms with Crippen molar-refractivity contribution in [2.24, 2.45) is 5.92 Å². The number of anilines is 1. The van der Waals surface area contributed by atoms with E-state index in [2.05, 4.69) is 0 Å². The molecule has 1 fully saturated rings. The Hall–Kier alpha value is -3.14. The third kappa shape index (κ3) is 5.16. The Bertz CT molecular complexity index is 1410.